The van der Waals surface area contributed by atoms with Crippen molar-refractivity contribution in [3.05, 3.63) is 53.6 Å². The van der Waals surface area contributed by atoms with Crippen molar-refractivity contribution in [1.82, 2.24) is 4.90 Å². The summed E-state index contributed by atoms with van der Waals surface area (Å²) in [6.45, 7) is 4.69. The molecule has 0 saturated carbocycles. The topological polar surface area (TPSA) is 96.0 Å². The van der Waals surface area contributed by atoms with Gasteiger partial charge in [-0.2, -0.15) is 0 Å². The predicted octanol–water partition coefficient (Wildman–Crippen LogP) is 2.26. The zero-order chi connectivity index (χ0) is 22.3. The SMILES string of the molecule is CC1CN(C(=O)c2ccccc2NS(=O)(=O)c2ccc3c(c2)CC(=O)N3C)CC(C)O1. The Morgan fingerprint density at radius 1 is 1.10 bits per heavy atom. The lowest BCUT2D eigenvalue weighted by Gasteiger charge is -2.35. The van der Waals surface area contributed by atoms with E-state index in [0.717, 1.165) is 0 Å². The molecule has 0 aliphatic carbocycles. The minimum Gasteiger partial charge on any atom is -0.372 e. The van der Waals surface area contributed by atoms with Crippen LogP contribution in [0.15, 0.2) is 47.4 Å². The average molecular weight is 444 g/mol. The quantitative estimate of drug-likeness (QED) is 0.782. The Labute approximate surface area is 181 Å². The third-order valence-corrected chi connectivity index (χ3v) is 6.91. The molecule has 2 atom stereocenters. The number of anilines is 2. The molecule has 2 aromatic carbocycles. The number of benzene rings is 2. The lowest BCUT2D eigenvalue weighted by molar-refractivity contribution is -0.117. The summed E-state index contributed by atoms with van der Waals surface area (Å²) in [4.78, 5) is 28.3. The summed E-state index contributed by atoms with van der Waals surface area (Å²) in [5.41, 5.74) is 1.86. The van der Waals surface area contributed by atoms with Crippen LogP contribution in [0.4, 0.5) is 11.4 Å². The molecule has 31 heavy (non-hydrogen) atoms. The van der Waals surface area contributed by atoms with E-state index in [2.05, 4.69) is 4.72 Å². The van der Waals surface area contributed by atoms with Crippen LogP contribution >= 0.6 is 0 Å². The minimum atomic E-state index is -3.95. The molecule has 1 saturated heterocycles. The summed E-state index contributed by atoms with van der Waals surface area (Å²) >= 11 is 0. The molecule has 164 valence electrons. The number of rotatable bonds is 4. The number of nitrogens with one attached hydrogen (secondary N) is 1. The van der Waals surface area contributed by atoms with Gasteiger partial charge in [0.2, 0.25) is 5.91 Å². The third kappa shape index (κ3) is 4.15. The Hall–Kier alpha value is -2.91. The Kier molecular flexibility index (Phi) is 5.49. The van der Waals surface area contributed by atoms with Gasteiger partial charge in [-0.25, -0.2) is 8.42 Å². The minimum absolute atomic E-state index is 0.0465. The maximum atomic E-state index is 13.2. The molecule has 0 radical (unpaired) electrons. The van der Waals surface area contributed by atoms with E-state index in [9.17, 15) is 18.0 Å². The molecule has 4 rings (SSSR count). The van der Waals surface area contributed by atoms with Gasteiger partial charge in [0.15, 0.2) is 0 Å². The van der Waals surface area contributed by atoms with E-state index >= 15 is 0 Å². The van der Waals surface area contributed by atoms with E-state index in [0.29, 0.717) is 24.3 Å². The number of carbonyl (C=O) groups is 2. The molecule has 0 bridgehead atoms. The first-order chi connectivity index (χ1) is 14.7. The van der Waals surface area contributed by atoms with Crippen molar-refractivity contribution in [2.75, 3.05) is 29.8 Å². The first kappa shape index (κ1) is 21.3. The van der Waals surface area contributed by atoms with E-state index in [1.807, 2.05) is 13.8 Å². The highest BCUT2D eigenvalue weighted by atomic mass is 32.2. The molecular formula is C22H25N3O5S. The van der Waals surface area contributed by atoms with Crippen LogP contribution in [0, 0.1) is 0 Å². The van der Waals surface area contributed by atoms with Crippen molar-refractivity contribution in [1.29, 1.82) is 0 Å². The maximum absolute atomic E-state index is 13.2. The van der Waals surface area contributed by atoms with Gasteiger partial charge < -0.3 is 14.5 Å². The van der Waals surface area contributed by atoms with Crippen molar-refractivity contribution in [3.63, 3.8) is 0 Å². The molecule has 2 aliphatic rings. The van der Waals surface area contributed by atoms with Crippen LogP contribution in [0.1, 0.15) is 29.8 Å². The summed E-state index contributed by atoms with van der Waals surface area (Å²) in [5.74, 6) is -0.330. The molecule has 2 aromatic rings. The number of hydrogen-bond donors (Lipinski definition) is 1. The number of hydrogen-bond acceptors (Lipinski definition) is 5. The van der Waals surface area contributed by atoms with Crippen molar-refractivity contribution >= 4 is 33.2 Å². The number of amides is 2. The Morgan fingerprint density at radius 2 is 1.77 bits per heavy atom. The lowest BCUT2D eigenvalue weighted by atomic mass is 10.1. The van der Waals surface area contributed by atoms with Gasteiger partial charge in [0.1, 0.15) is 0 Å². The summed E-state index contributed by atoms with van der Waals surface area (Å²) in [6.07, 6.45) is -0.0230. The molecule has 2 amide bonds. The molecular weight excluding hydrogens is 418 g/mol. The van der Waals surface area contributed by atoms with E-state index in [-0.39, 0.29) is 46.6 Å². The van der Waals surface area contributed by atoms with Gasteiger partial charge >= 0.3 is 0 Å². The van der Waals surface area contributed by atoms with Crippen molar-refractivity contribution in [3.8, 4) is 0 Å². The number of nitrogens with zero attached hydrogens (tertiary/aromatic N) is 2. The molecule has 1 fully saturated rings. The van der Waals surface area contributed by atoms with Gasteiger partial charge in [0, 0.05) is 25.8 Å². The van der Waals surface area contributed by atoms with Crippen LogP contribution in [0.5, 0.6) is 0 Å². The second-order valence-corrected chi connectivity index (χ2v) is 9.72. The third-order valence-electron chi connectivity index (χ3n) is 5.55. The lowest BCUT2D eigenvalue weighted by Crippen LogP contribution is -2.48. The number of ether oxygens (including phenoxy) is 1. The average Bonchev–Trinajstić information content (AvgIpc) is 3.00. The van der Waals surface area contributed by atoms with Crippen LogP contribution in [-0.2, 0) is 26.0 Å². The maximum Gasteiger partial charge on any atom is 0.261 e. The Balaban J connectivity index is 1.61. The van der Waals surface area contributed by atoms with Gasteiger partial charge in [0.25, 0.3) is 15.9 Å². The smallest absolute Gasteiger partial charge is 0.261 e. The summed E-state index contributed by atoms with van der Waals surface area (Å²) < 4.78 is 34.4. The number of likely N-dealkylation sites (N-methyl/N-ethyl adjacent to an activating group) is 1. The summed E-state index contributed by atoms with van der Waals surface area (Å²) in [7, 11) is -2.29. The normalized spacial score (nSPS) is 21.2. The van der Waals surface area contributed by atoms with Gasteiger partial charge in [-0.1, -0.05) is 12.1 Å². The second kappa shape index (κ2) is 7.97. The van der Waals surface area contributed by atoms with Crippen LogP contribution in [0.2, 0.25) is 0 Å². The summed E-state index contributed by atoms with van der Waals surface area (Å²) in [5, 5.41) is 0. The van der Waals surface area contributed by atoms with E-state index < -0.39 is 10.0 Å². The zero-order valence-electron chi connectivity index (χ0n) is 17.7. The predicted molar refractivity (Wildman–Crippen MR) is 117 cm³/mol. The first-order valence-electron chi connectivity index (χ1n) is 10.1. The fraction of sp³-hybridized carbons (Fsp3) is 0.364. The highest BCUT2D eigenvalue weighted by Gasteiger charge is 2.30. The van der Waals surface area contributed by atoms with Crippen LogP contribution in [-0.4, -0.2) is 57.5 Å². The molecule has 0 spiro atoms. The molecule has 8 nitrogen and oxygen atoms in total. The van der Waals surface area contributed by atoms with Gasteiger partial charge in [-0.15, -0.1) is 0 Å². The van der Waals surface area contributed by atoms with Crippen molar-refractivity contribution in [2.45, 2.75) is 37.4 Å². The molecule has 2 heterocycles. The number of morpholine rings is 1. The standard InChI is InChI=1S/C22H25N3O5S/c1-14-12-25(13-15(2)30-14)22(27)18-6-4-5-7-19(18)23-31(28,29)17-8-9-20-16(10-17)11-21(26)24(20)3/h4-10,14-15,23H,11-13H2,1-3H3. The monoisotopic (exact) mass is 443 g/mol. The van der Waals surface area contributed by atoms with E-state index in [1.165, 1.54) is 17.0 Å². The van der Waals surface area contributed by atoms with Crippen LogP contribution in [0.25, 0.3) is 0 Å². The number of sulfonamides is 1. The van der Waals surface area contributed by atoms with Gasteiger partial charge in [0.05, 0.1) is 34.8 Å². The van der Waals surface area contributed by atoms with Gasteiger partial charge in [-0.05, 0) is 49.7 Å². The van der Waals surface area contributed by atoms with Crippen molar-refractivity contribution in [2.24, 2.45) is 0 Å². The first-order valence-corrected chi connectivity index (χ1v) is 11.6. The highest BCUT2D eigenvalue weighted by molar-refractivity contribution is 7.92. The molecule has 2 unspecified atom stereocenters. The van der Waals surface area contributed by atoms with Crippen LogP contribution in [0.3, 0.4) is 0 Å². The molecule has 2 aliphatic heterocycles. The van der Waals surface area contributed by atoms with Crippen LogP contribution < -0.4 is 9.62 Å². The Morgan fingerprint density at radius 3 is 2.48 bits per heavy atom. The molecule has 9 heteroatoms. The number of para-hydroxylation sites is 1. The number of fused-ring (bicyclic) bond motifs is 1. The second-order valence-electron chi connectivity index (χ2n) is 8.04. The molecule has 0 aromatic heterocycles. The number of carbonyl (C=O) groups excluding carboxylic acids is 2. The van der Waals surface area contributed by atoms with Gasteiger partial charge in [-0.3, -0.25) is 14.3 Å². The van der Waals surface area contributed by atoms with E-state index in [1.54, 1.807) is 42.3 Å². The zero-order valence-corrected chi connectivity index (χ0v) is 18.5. The Bertz CT molecular complexity index is 1140. The van der Waals surface area contributed by atoms with Crippen molar-refractivity contribution < 1.29 is 22.7 Å². The summed E-state index contributed by atoms with van der Waals surface area (Å²) in [6, 6.07) is 11.2. The molecule has 1 N–H and O–H groups in total. The van der Waals surface area contributed by atoms with E-state index in [4.69, 9.17) is 4.74 Å². The fourth-order valence-corrected chi connectivity index (χ4v) is 5.22. The fourth-order valence-electron chi connectivity index (χ4n) is 4.09. The largest absolute Gasteiger partial charge is 0.372 e. The highest BCUT2D eigenvalue weighted by Crippen LogP contribution is 2.31.